The highest BCUT2D eigenvalue weighted by atomic mass is 35.5. The molecular formula is C17H14ClN3O4. The number of ether oxygens (including phenoxy) is 1. The lowest BCUT2D eigenvalue weighted by atomic mass is 10.2. The van der Waals surface area contributed by atoms with Gasteiger partial charge in [-0.15, -0.1) is 0 Å². The molecule has 25 heavy (non-hydrogen) atoms. The third-order valence-corrected chi connectivity index (χ3v) is 3.59. The Hall–Kier alpha value is -3.11. The van der Waals surface area contributed by atoms with Crippen molar-refractivity contribution in [2.24, 2.45) is 0 Å². The van der Waals surface area contributed by atoms with Gasteiger partial charge in [0.05, 0.1) is 22.4 Å². The Kier molecular flexibility index (Phi) is 6.32. The third-order valence-electron chi connectivity index (χ3n) is 3.29. The summed E-state index contributed by atoms with van der Waals surface area (Å²) in [6, 6.07) is 14.7. The highest BCUT2D eigenvalue weighted by molar-refractivity contribution is 6.32. The second kappa shape index (κ2) is 8.66. The van der Waals surface area contributed by atoms with Crippen LogP contribution in [0, 0.1) is 21.4 Å². The molecule has 128 valence electrons. The SMILES string of the molecule is N#CCCN(C(=O)COc1ccc([N+](=O)[O-])cc1Cl)c1ccccc1. The van der Waals surface area contributed by atoms with Crippen molar-refractivity contribution in [3.05, 3.63) is 63.7 Å². The fourth-order valence-electron chi connectivity index (χ4n) is 2.11. The fourth-order valence-corrected chi connectivity index (χ4v) is 2.33. The fraction of sp³-hybridized carbons (Fsp3) is 0.176. The van der Waals surface area contributed by atoms with E-state index in [0.29, 0.717) is 5.69 Å². The molecule has 0 heterocycles. The van der Waals surface area contributed by atoms with Crippen LogP contribution in [0.4, 0.5) is 11.4 Å². The van der Waals surface area contributed by atoms with E-state index >= 15 is 0 Å². The summed E-state index contributed by atoms with van der Waals surface area (Å²) in [5.74, 6) is -0.176. The number of nitrogens with zero attached hydrogens (tertiary/aromatic N) is 3. The van der Waals surface area contributed by atoms with Crippen LogP contribution in [0.1, 0.15) is 6.42 Å². The molecule has 0 fully saturated rings. The summed E-state index contributed by atoms with van der Waals surface area (Å²) in [6.07, 6.45) is 0.179. The minimum Gasteiger partial charge on any atom is -0.482 e. The van der Waals surface area contributed by atoms with Crippen LogP contribution >= 0.6 is 11.6 Å². The molecule has 0 aliphatic heterocycles. The molecule has 0 aliphatic rings. The zero-order valence-corrected chi connectivity index (χ0v) is 13.8. The zero-order chi connectivity index (χ0) is 18.2. The standard InChI is InChI=1S/C17H14ClN3O4/c18-15-11-14(21(23)24)7-8-16(15)25-12-17(22)20(10-4-9-19)13-5-2-1-3-6-13/h1-3,5-8,11H,4,10,12H2. The lowest BCUT2D eigenvalue weighted by Crippen LogP contribution is -2.35. The second-order valence-electron chi connectivity index (χ2n) is 4.95. The molecule has 1 amide bonds. The predicted octanol–water partition coefficient (Wildman–Crippen LogP) is 3.57. The van der Waals surface area contributed by atoms with E-state index in [1.54, 1.807) is 24.3 Å². The van der Waals surface area contributed by atoms with Gasteiger partial charge in [-0.3, -0.25) is 14.9 Å². The van der Waals surface area contributed by atoms with Gasteiger partial charge in [-0.05, 0) is 18.2 Å². The van der Waals surface area contributed by atoms with E-state index in [9.17, 15) is 14.9 Å². The molecule has 0 radical (unpaired) electrons. The molecule has 0 saturated heterocycles. The van der Waals surface area contributed by atoms with Crippen molar-refractivity contribution >= 4 is 28.9 Å². The van der Waals surface area contributed by atoms with E-state index in [1.807, 2.05) is 12.1 Å². The van der Waals surface area contributed by atoms with Gasteiger partial charge in [0.2, 0.25) is 0 Å². The lowest BCUT2D eigenvalue weighted by molar-refractivity contribution is -0.384. The quantitative estimate of drug-likeness (QED) is 0.556. The van der Waals surface area contributed by atoms with Crippen molar-refractivity contribution in [1.82, 2.24) is 0 Å². The van der Waals surface area contributed by atoms with Crippen molar-refractivity contribution in [3.8, 4) is 11.8 Å². The topological polar surface area (TPSA) is 96.5 Å². The van der Waals surface area contributed by atoms with Crippen LogP contribution in [-0.2, 0) is 4.79 Å². The number of halogens is 1. The molecule has 0 aliphatic carbocycles. The number of hydrogen-bond acceptors (Lipinski definition) is 5. The van der Waals surface area contributed by atoms with Crippen LogP contribution in [0.25, 0.3) is 0 Å². The van der Waals surface area contributed by atoms with Crippen LogP contribution < -0.4 is 9.64 Å². The molecule has 7 nitrogen and oxygen atoms in total. The van der Waals surface area contributed by atoms with Crippen molar-refractivity contribution in [2.75, 3.05) is 18.1 Å². The first-order valence-corrected chi connectivity index (χ1v) is 7.70. The number of non-ortho nitro benzene ring substituents is 1. The van der Waals surface area contributed by atoms with Crippen LogP contribution in [0.5, 0.6) is 5.75 Å². The third kappa shape index (κ3) is 4.93. The monoisotopic (exact) mass is 359 g/mol. The maximum atomic E-state index is 12.4. The number of nitro benzene ring substituents is 1. The van der Waals surface area contributed by atoms with Gasteiger partial charge < -0.3 is 9.64 Å². The number of hydrogen-bond donors (Lipinski definition) is 0. The number of carbonyl (C=O) groups is 1. The average Bonchev–Trinajstić information content (AvgIpc) is 2.61. The second-order valence-corrected chi connectivity index (χ2v) is 5.36. The number of para-hydroxylation sites is 1. The van der Waals surface area contributed by atoms with Crippen LogP contribution in [-0.4, -0.2) is 24.0 Å². The van der Waals surface area contributed by atoms with Gasteiger partial charge in [-0.25, -0.2) is 0 Å². The van der Waals surface area contributed by atoms with Crippen LogP contribution in [0.3, 0.4) is 0 Å². The normalized spacial score (nSPS) is 9.92. The van der Waals surface area contributed by atoms with Gasteiger partial charge in [0.25, 0.3) is 11.6 Å². The Morgan fingerprint density at radius 2 is 2.00 bits per heavy atom. The Bertz CT molecular complexity index is 805. The van der Waals surface area contributed by atoms with Gasteiger partial charge in [-0.2, -0.15) is 5.26 Å². The van der Waals surface area contributed by atoms with Crippen LogP contribution in [0.2, 0.25) is 5.02 Å². The van der Waals surface area contributed by atoms with Gasteiger partial charge in [0.15, 0.2) is 6.61 Å². The molecule has 0 unspecified atom stereocenters. The Morgan fingerprint density at radius 1 is 1.28 bits per heavy atom. The maximum absolute atomic E-state index is 12.4. The summed E-state index contributed by atoms with van der Waals surface area (Å²) in [5, 5.41) is 19.5. The van der Waals surface area contributed by atoms with Crippen molar-refractivity contribution < 1.29 is 14.5 Å². The molecule has 0 spiro atoms. The number of rotatable bonds is 7. The number of amides is 1. The molecule has 0 bridgehead atoms. The van der Waals surface area contributed by atoms with Gasteiger partial charge in [0, 0.05) is 24.4 Å². The van der Waals surface area contributed by atoms with E-state index in [0.717, 1.165) is 6.07 Å². The molecule has 2 aromatic rings. The Morgan fingerprint density at radius 3 is 2.60 bits per heavy atom. The molecule has 2 aromatic carbocycles. The smallest absolute Gasteiger partial charge is 0.271 e. The first kappa shape index (κ1) is 18.2. The van der Waals surface area contributed by atoms with E-state index in [4.69, 9.17) is 21.6 Å². The molecule has 0 saturated carbocycles. The van der Waals surface area contributed by atoms with Crippen molar-refractivity contribution in [1.29, 1.82) is 5.26 Å². The summed E-state index contributed by atoms with van der Waals surface area (Å²) >= 11 is 5.94. The minimum atomic E-state index is -0.570. The summed E-state index contributed by atoms with van der Waals surface area (Å²) in [7, 11) is 0. The Labute approximate surface area is 149 Å². The van der Waals surface area contributed by atoms with E-state index < -0.39 is 4.92 Å². The highest BCUT2D eigenvalue weighted by Crippen LogP contribution is 2.28. The Balaban J connectivity index is 2.08. The van der Waals surface area contributed by atoms with Gasteiger partial charge >= 0.3 is 0 Å². The summed E-state index contributed by atoms with van der Waals surface area (Å²) in [5.41, 5.74) is 0.491. The summed E-state index contributed by atoms with van der Waals surface area (Å²) < 4.78 is 5.39. The molecular weight excluding hydrogens is 346 g/mol. The number of carbonyl (C=O) groups excluding carboxylic acids is 1. The molecule has 2 rings (SSSR count). The summed E-state index contributed by atoms with van der Waals surface area (Å²) in [4.78, 5) is 24.0. The van der Waals surface area contributed by atoms with Gasteiger partial charge in [-0.1, -0.05) is 29.8 Å². The van der Waals surface area contributed by atoms with E-state index in [2.05, 4.69) is 0 Å². The molecule has 0 aromatic heterocycles. The van der Waals surface area contributed by atoms with E-state index in [1.165, 1.54) is 17.0 Å². The predicted molar refractivity (Wildman–Crippen MR) is 92.6 cm³/mol. The number of benzene rings is 2. The lowest BCUT2D eigenvalue weighted by Gasteiger charge is -2.22. The van der Waals surface area contributed by atoms with Crippen molar-refractivity contribution in [3.63, 3.8) is 0 Å². The highest BCUT2D eigenvalue weighted by Gasteiger charge is 2.17. The van der Waals surface area contributed by atoms with Crippen molar-refractivity contribution in [2.45, 2.75) is 6.42 Å². The first-order valence-electron chi connectivity index (χ1n) is 7.32. The zero-order valence-electron chi connectivity index (χ0n) is 13.1. The van der Waals surface area contributed by atoms with E-state index in [-0.39, 0.29) is 41.9 Å². The molecule has 0 atom stereocenters. The first-order chi connectivity index (χ1) is 12.0. The summed E-state index contributed by atoms with van der Waals surface area (Å²) in [6.45, 7) is -0.0748. The number of nitriles is 1. The molecule has 0 N–H and O–H groups in total. The maximum Gasteiger partial charge on any atom is 0.271 e. The van der Waals surface area contributed by atoms with Crippen LogP contribution in [0.15, 0.2) is 48.5 Å². The average molecular weight is 360 g/mol. The molecule has 8 heteroatoms. The number of anilines is 1. The minimum absolute atomic E-state index is 0.0466. The number of nitro groups is 1. The largest absolute Gasteiger partial charge is 0.482 e. The van der Waals surface area contributed by atoms with Gasteiger partial charge in [0.1, 0.15) is 5.75 Å².